The number of hydrogen-bond acceptors (Lipinski definition) is 4. The summed E-state index contributed by atoms with van der Waals surface area (Å²) in [6.45, 7) is 1.79. The van der Waals surface area contributed by atoms with Crippen LogP contribution in [-0.4, -0.2) is 57.5 Å². The van der Waals surface area contributed by atoms with E-state index in [1.165, 1.54) is 6.20 Å². The van der Waals surface area contributed by atoms with Gasteiger partial charge in [-0.3, -0.25) is 14.3 Å². The van der Waals surface area contributed by atoms with Crippen molar-refractivity contribution in [2.45, 2.75) is 31.8 Å². The molecule has 0 bridgehead atoms. The standard InChI is InChI=1S/C19H22ClN3O4/c20-17-4-2-1-3-14(17)12-22-13-15(11-21-22)19(26)23(8-5-18(24)25)16-6-9-27-10-7-16/h1-4,11,13,16H,5-10,12H2,(H,24,25). The Labute approximate surface area is 162 Å². The van der Waals surface area contributed by atoms with Crippen molar-refractivity contribution in [1.82, 2.24) is 14.7 Å². The molecule has 1 aliphatic heterocycles. The third kappa shape index (κ3) is 5.08. The molecule has 2 heterocycles. The number of carboxylic acid groups (broad SMARTS) is 1. The number of amides is 1. The van der Waals surface area contributed by atoms with Crippen molar-refractivity contribution in [3.05, 3.63) is 52.8 Å². The molecule has 0 aliphatic carbocycles. The van der Waals surface area contributed by atoms with Gasteiger partial charge < -0.3 is 14.7 Å². The molecule has 7 nitrogen and oxygen atoms in total. The lowest BCUT2D eigenvalue weighted by Gasteiger charge is -2.33. The molecule has 3 rings (SSSR count). The zero-order valence-electron chi connectivity index (χ0n) is 14.9. The number of hydrogen-bond donors (Lipinski definition) is 1. The van der Waals surface area contributed by atoms with Crippen LogP contribution in [0.4, 0.5) is 0 Å². The average Bonchev–Trinajstić information content (AvgIpc) is 3.13. The van der Waals surface area contributed by atoms with Crippen molar-refractivity contribution in [3.8, 4) is 0 Å². The largest absolute Gasteiger partial charge is 0.481 e. The van der Waals surface area contributed by atoms with Crippen LogP contribution in [0.15, 0.2) is 36.7 Å². The third-order valence-corrected chi connectivity index (χ3v) is 5.00. The van der Waals surface area contributed by atoms with Gasteiger partial charge in [-0.05, 0) is 24.5 Å². The van der Waals surface area contributed by atoms with Crippen LogP contribution >= 0.6 is 11.6 Å². The Morgan fingerprint density at radius 3 is 2.74 bits per heavy atom. The molecule has 1 fully saturated rings. The number of aromatic nitrogens is 2. The highest BCUT2D eigenvalue weighted by Crippen LogP contribution is 2.19. The van der Waals surface area contributed by atoms with E-state index in [9.17, 15) is 9.59 Å². The van der Waals surface area contributed by atoms with Crippen LogP contribution in [0, 0.1) is 0 Å². The van der Waals surface area contributed by atoms with Gasteiger partial charge in [-0.15, -0.1) is 0 Å². The summed E-state index contributed by atoms with van der Waals surface area (Å²) in [4.78, 5) is 25.6. The summed E-state index contributed by atoms with van der Waals surface area (Å²) in [5.41, 5.74) is 1.35. The normalized spacial score (nSPS) is 14.9. The number of carboxylic acids is 1. The number of aliphatic carboxylic acids is 1. The highest BCUT2D eigenvalue weighted by Gasteiger charge is 2.27. The molecule has 0 atom stereocenters. The third-order valence-electron chi connectivity index (χ3n) is 4.63. The summed E-state index contributed by atoms with van der Waals surface area (Å²) in [5, 5.41) is 13.9. The van der Waals surface area contributed by atoms with Crippen LogP contribution in [-0.2, 0) is 16.1 Å². The molecule has 1 N–H and O–H groups in total. The van der Waals surface area contributed by atoms with Gasteiger partial charge in [-0.1, -0.05) is 29.8 Å². The topological polar surface area (TPSA) is 84.7 Å². The molecule has 0 spiro atoms. The van der Waals surface area contributed by atoms with E-state index in [4.69, 9.17) is 21.4 Å². The zero-order valence-corrected chi connectivity index (χ0v) is 15.6. The van der Waals surface area contributed by atoms with E-state index >= 15 is 0 Å². The molecule has 2 aromatic rings. The molecule has 0 saturated carbocycles. The molecular weight excluding hydrogens is 370 g/mol. The Morgan fingerprint density at radius 1 is 1.30 bits per heavy atom. The molecule has 1 saturated heterocycles. The van der Waals surface area contributed by atoms with Crippen molar-refractivity contribution >= 4 is 23.5 Å². The van der Waals surface area contributed by atoms with Crippen molar-refractivity contribution in [2.75, 3.05) is 19.8 Å². The Hall–Kier alpha value is -2.38. The predicted molar refractivity (Wildman–Crippen MR) is 99.9 cm³/mol. The summed E-state index contributed by atoms with van der Waals surface area (Å²) >= 11 is 6.18. The van der Waals surface area contributed by atoms with Gasteiger partial charge in [0, 0.05) is 37.0 Å². The van der Waals surface area contributed by atoms with E-state index in [1.54, 1.807) is 15.8 Å². The van der Waals surface area contributed by atoms with Crippen LogP contribution in [0.5, 0.6) is 0 Å². The molecule has 144 valence electrons. The quantitative estimate of drug-likeness (QED) is 0.784. The van der Waals surface area contributed by atoms with Gasteiger partial charge in [-0.2, -0.15) is 5.10 Å². The van der Waals surface area contributed by atoms with Crippen LogP contribution in [0.2, 0.25) is 5.02 Å². The van der Waals surface area contributed by atoms with E-state index in [1.807, 2.05) is 24.3 Å². The van der Waals surface area contributed by atoms with Crippen molar-refractivity contribution in [1.29, 1.82) is 0 Å². The maximum Gasteiger partial charge on any atom is 0.305 e. The first-order valence-electron chi connectivity index (χ1n) is 8.91. The minimum atomic E-state index is -0.922. The summed E-state index contributed by atoms with van der Waals surface area (Å²) in [6.07, 6.45) is 4.53. The fourth-order valence-corrected chi connectivity index (χ4v) is 3.39. The van der Waals surface area contributed by atoms with Crippen LogP contribution in [0.1, 0.15) is 35.2 Å². The molecule has 1 amide bonds. The molecule has 0 unspecified atom stereocenters. The smallest absolute Gasteiger partial charge is 0.305 e. The maximum atomic E-state index is 13.0. The maximum absolute atomic E-state index is 13.0. The Bertz CT molecular complexity index is 802. The lowest BCUT2D eigenvalue weighted by atomic mass is 10.1. The van der Waals surface area contributed by atoms with E-state index in [0.29, 0.717) is 43.2 Å². The van der Waals surface area contributed by atoms with Gasteiger partial charge >= 0.3 is 5.97 Å². The van der Waals surface area contributed by atoms with E-state index in [0.717, 1.165) is 5.56 Å². The van der Waals surface area contributed by atoms with Crippen LogP contribution in [0.25, 0.3) is 0 Å². The molecule has 1 aromatic heterocycles. The summed E-state index contributed by atoms with van der Waals surface area (Å²) in [5.74, 6) is -1.12. The number of halogens is 1. The van der Waals surface area contributed by atoms with Gasteiger partial charge in [0.25, 0.3) is 5.91 Å². The number of ether oxygens (including phenoxy) is 1. The molecule has 0 radical (unpaired) electrons. The molecule has 27 heavy (non-hydrogen) atoms. The first kappa shape index (κ1) is 19.4. The summed E-state index contributed by atoms with van der Waals surface area (Å²) < 4.78 is 7.02. The molecule has 8 heteroatoms. The second-order valence-corrected chi connectivity index (χ2v) is 6.91. The van der Waals surface area contributed by atoms with Gasteiger partial charge in [0.2, 0.25) is 0 Å². The van der Waals surface area contributed by atoms with Crippen molar-refractivity contribution in [2.24, 2.45) is 0 Å². The first-order valence-corrected chi connectivity index (χ1v) is 9.29. The minimum absolute atomic E-state index is 0.0162. The Morgan fingerprint density at radius 2 is 2.04 bits per heavy atom. The van der Waals surface area contributed by atoms with Gasteiger partial charge in [0.1, 0.15) is 0 Å². The number of carbonyl (C=O) groups excluding carboxylic acids is 1. The zero-order chi connectivity index (χ0) is 19.2. The lowest BCUT2D eigenvalue weighted by Crippen LogP contribution is -2.44. The van der Waals surface area contributed by atoms with E-state index in [-0.39, 0.29) is 24.9 Å². The summed E-state index contributed by atoms with van der Waals surface area (Å²) in [7, 11) is 0. The number of carbonyl (C=O) groups is 2. The number of benzene rings is 1. The van der Waals surface area contributed by atoms with Crippen LogP contribution < -0.4 is 0 Å². The second kappa shape index (κ2) is 9.01. The SMILES string of the molecule is O=C(O)CCN(C(=O)c1cnn(Cc2ccccc2Cl)c1)C1CCOCC1. The second-order valence-electron chi connectivity index (χ2n) is 6.50. The van der Waals surface area contributed by atoms with Gasteiger partial charge in [-0.25, -0.2) is 0 Å². The monoisotopic (exact) mass is 391 g/mol. The Kier molecular flexibility index (Phi) is 6.47. The van der Waals surface area contributed by atoms with Crippen molar-refractivity contribution < 1.29 is 19.4 Å². The van der Waals surface area contributed by atoms with E-state index in [2.05, 4.69) is 5.10 Å². The lowest BCUT2D eigenvalue weighted by molar-refractivity contribution is -0.137. The van der Waals surface area contributed by atoms with E-state index < -0.39 is 5.97 Å². The first-order chi connectivity index (χ1) is 13.0. The fourth-order valence-electron chi connectivity index (χ4n) is 3.19. The van der Waals surface area contributed by atoms with Gasteiger partial charge in [0.05, 0.1) is 24.7 Å². The molecule has 1 aromatic carbocycles. The Balaban J connectivity index is 1.74. The molecule has 1 aliphatic rings. The van der Waals surface area contributed by atoms with Gasteiger partial charge in [0.15, 0.2) is 0 Å². The highest BCUT2D eigenvalue weighted by molar-refractivity contribution is 6.31. The predicted octanol–water partition coefficient (Wildman–Crippen LogP) is 2.68. The summed E-state index contributed by atoms with van der Waals surface area (Å²) in [6, 6.07) is 7.46. The number of rotatable bonds is 7. The fraction of sp³-hybridized carbons (Fsp3) is 0.421. The highest BCUT2D eigenvalue weighted by atomic mass is 35.5. The van der Waals surface area contributed by atoms with Crippen LogP contribution in [0.3, 0.4) is 0 Å². The molecular formula is C19H22ClN3O4. The van der Waals surface area contributed by atoms with Crippen molar-refractivity contribution in [3.63, 3.8) is 0 Å². The average molecular weight is 392 g/mol. The number of nitrogens with zero attached hydrogens (tertiary/aromatic N) is 3. The minimum Gasteiger partial charge on any atom is -0.481 e.